The molecule has 3 rings (SSSR count). The minimum absolute atomic E-state index is 0.00558. The van der Waals surface area contributed by atoms with E-state index < -0.39 is 10.0 Å². The number of carbonyl (C=O) groups is 1. The molecular formula is C23H30N2O3S3. The average Bonchev–Trinajstić information content (AvgIpc) is 3.27. The molecule has 0 N–H and O–H groups in total. The minimum Gasteiger partial charge on any atom is -0.302 e. The molecule has 2 aromatic carbocycles. The summed E-state index contributed by atoms with van der Waals surface area (Å²) in [4.78, 5) is 16.1. The third-order valence-electron chi connectivity index (χ3n) is 5.26. The molecule has 0 bridgehead atoms. The van der Waals surface area contributed by atoms with E-state index in [4.69, 9.17) is 0 Å². The van der Waals surface area contributed by atoms with E-state index in [0.29, 0.717) is 17.2 Å². The fourth-order valence-corrected chi connectivity index (χ4v) is 6.79. The minimum atomic E-state index is -3.66. The maximum absolute atomic E-state index is 13.5. The fourth-order valence-electron chi connectivity index (χ4n) is 3.58. The van der Waals surface area contributed by atoms with Gasteiger partial charge in [0, 0.05) is 41.6 Å². The molecule has 0 unspecified atom stereocenters. The highest BCUT2D eigenvalue weighted by atomic mass is 32.2. The number of hydrogen-bond acceptors (Lipinski definition) is 6. The molecule has 1 heterocycles. The van der Waals surface area contributed by atoms with Crippen LogP contribution in [0.2, 0.25) is 0 Å². The van der Waals surface area contributed by atoms with Crippen LogP contribution in [0.1, 0.15) is 26.7 Å². The number of sulfonamides is 1. The van der Waals surface area contributed by atoms with Crippen LogP contribution in [0.3, 0.4) is 0 Å². The Morgan fingerprint density at radius 2 is 1.65 bits per heavy atom. The maximum Gasteiger partial charge on any atom is 0.243 e. The summed E-state index contributed by atoms with van der Waals surface area (Å²) in [6.07, 6.45) is 2.34. The van der Waals surface area contributed by atoms with Gasteiger partial charge in [-0.15, -0.1) is 0 Å². The van der Waals surface area contributed by atoms with E-state index in [9.17, 15) is 13.2 Å². The summed E-state index contributed by atoms with van der Waals surface area (Å²) < 4.78 is 28.6. The second kappa shape index (κ2) is 11.5. The number of hydrogen-bond donors (Lipinski definition) is 0. The summed E-state index contributed by atoms with van der Waals surface area (Å²) in [6.45, 7) is 6.60. The zero-order valence-corrected chi connectivity index (χ0v) is 20.5. The van der Waals surface area contributed by atoms with E-state index in [0.717, 1.165) is 29.4 Å². The Bertz CT molecular complexity index is 944. The molecule has 8 heteroatoms. The molecule has 1 fully saturated rings. The average molecular weight is 479 g/mol. The number of thioether (sulfide) groups is 1. The molecule has 5 nitrogen and oxygen atoms in total. The van der Waals surface area contributed by atoms with Crippen LogP contribution in [-0.2, 0) is 14.8 Å². The predicted molar refractivity (Wildman–Crippen MR) is 129 cm³/mol. The van der Waals surface area contributed by atoms with Crippen LogP contribution >= 0.6 is 23.5 Å². The standard InChI is InChI=1S/C23H30N2O3S3/c1-19(18-29-20(2)26)25(17-16-24-14-6-7-15-24)31(27,28)23-12-10-22(11-13-23)30-21-8-4-3-5-9-21/h3-5,8-13,19H,6-7,14-18H2,1-2H3/t19-/m1/s1. The number of likely N-dealkylation sites (tertiary alicyclic amines) is 1. The van der Waals surface area contributed by atoms with E-state index in [1.807, 2.05) is 49.4 Å². The molecular weight excluding hydrogens is 448 g/mol. The van der Waals surface area contributed by atoms with E-state index in [-0.39, 0.29) is 11.2 Å². The largest absolute Gasteiger partial charge is 0.302 e. The van der Waals surface area contributed by atoms with E-state index >= 15 is 0 Å². The molecule has 0 aromatic heterocycles. The van der Waals surface area contributed by atoms with Gasteiger partial charge in [0.1, 0.15) is 0 Å². The van der Waals surface area contributed by atoms with Gasteiger partial charge >= 0.3 is 0 Å². The topological polar surface area (TPSA) is 57.7 Å². The zero-order chi connectivity index (χ0) is 22.3. The van der Waals surface area contributed by atoms with Crippen molar-refractivity contribution >= 4 is 38.7 Å². The second-order valence-corrected chi connectivity index (χ2v) is 11.9. The highest BCUT2D eigenvalue weighted by Gasteiger charge is 2.30. The van der Waals surface area contributed by atoms with Gasteiger partial charge in [-0.1, -0.05) is 41.7 Å². The van der Waals surface area contributed by atoms with Crippen LogP contribution in [-0.4, -0.2) is 60.7 Å². The summed E-state index contributed by atoms with van der Waals surface area (Å²) in [5.74, 6) is 0.455. The summed E-state index contributed by atoms with van der Waals surface area (Å²) >= 11 is 2.78. The maximum atomic E-state index is 13.5. The molecule has 2 aromatic rings. The second-order valence-electron chi connectivity index (χ2n) is 7.70. The Hall–Kier alpha value is -1.32. The first-order chi connectivity index (χ1) is 14.9. The Morgan fingerprint density at radius 1 is 1.03 bits per heavy atom. The van der Waals surface area contributed by atoms with Crippen LogP contribution in [0.4, 0.5) is 0 Å². The number of nitrogens with zero attached hydrogens (tertiary/aromatic N) is 2. The smallest absolute Gasteiger partial charge is 0.243 e. The molecule has 168 valence electrons. The molecule has 1 aliphatic rings. The predicted octanol–water partition coefficient (Wildman–Crippen LogP) is 4.59. The molecule has 0 radical (unpaired) electrons. The number of benzene rings is 2. The van der Waals surface area contributed by atoms with Crippen LogP contribution in [0.15, 0.2) is 69.3 Å². The van der Waals surface area contributed by atoms with Gasteiger partial charge in [-0.05, 0) is 69.3 Å². The highest BCUT2D eigenvalue weighted by molar-refractivity contribution is 8.13. The molecule has 0 spiro atoms. The lowest BCUT2D eigenvalue weighted by atomic mass is 10.4. The van der Waals surface area contributed by atoms with Crippen molar-refractivity contribution < 1.29 is 13.2 Å². The first-order valence-electron chi connectivity index (χ1n) is 10.6. The van der Waals surface area contributed by atoms with Crippen molar-refractivity contribution in [2.75, 3.05) is 31.9 Å². The van der Waals surface area contributed by atoms with Gasteiger partial charge in [-0.2, -0.15) is 4.31 Å². The van der Waals surface area contributed by atoms with Crippen molar-refractivity contribution in [2.45, 2.75) is 47.4 Å². The lowest BCUT2D eigenvalue weighted by Gasteiger charge is -2.30. The number of carbonyl (C=O) groups excluding carboxylic acids is 1. The van der Waals surface area contributed by atoms with Crippen molar-refractivity contribution in [3.8, 4) is 0 Å². The monoisotopic (exact) mass is 478 g/mol. The van der Waals surface area contributed by atoms with Crippen LogP contribution in [0.25, 0.3) is 0 Å². The summed E-state index contributed by atoms with van der Waals surface area (Å²) in [7, 11) is -3.66. The fraction of sp³-hybridized carbons (Fsp3) is 0.435. The Kier molecular flexibility index (Phi) is 9.04. The van der Waals surface area contributed by atoms with Crippen LogP contribution in [0.5, 0.6) is 0 Å². The van der Waals surface area contributed by atoms with Crippen molar-refractivity contribution in [3.05, 3.63) is 54.6 Å². The van der Waals surface area contributed by atoms with Crippen molar-refractivity contribution in [2.24, 2.45) is 0 Å². The quantitative estimate of drug-likeness (QED) is 0.498. The van der Waals surface area contributed by atoms with Gasteiger partial charge in [-0.25, -0.2) is 8.42 Å². The van der Waals surface area contributed by atoms with Crippen molar-refractivity contribution in [1.29, 1.82) is 0 Å². The van der Waals surface area contributed by atoms with Crippen LogP contribution in [0, 0.1) is 0 Å². The number of rotatable bonds is 10. The molecule has 1 aliphatic heterocycles. The third kappa shape index (κ3) is 7.08. The van der Waals surface area contributed by atoms with E-state index in [1.54, 1.807) is 28.2 Å². The first-order valence-corrected chi connectivity index (χ1v) is 13.8. The molecule has 0 aliphatic carbocycles. The van der Waals surface area contributed by atoms with Gasteiger partial charge in [0.25, 0.3) is 0 Å². The molecule has 31 heavy (non-hydrogen) atoms. The van der Waals surface area contributed by atoms with Crippen LogP contribution < -0.4 is 0 Å². The Morgan fingerprint density at radius 3 is 2.26 bits per heavy atom. The lowest BCUT2D eigenvalue weighted by Crippen LogP contribution is -2.44. The first kappa shape index (κ1) is 24.3. The van der Waals surface area contributed by atoms with Crippen molar-refractivity contribution in [3.63, 3.8) is 0 Å². The molecule has 1 saturated heterocycles. The summed E-state index contributed by atoms with van der Waals surface area (Å²) in [6, 6.07) is 16.8. The molecule has 0 saturated carbocycles. The third-order valence-corrected chi connectivity index (χ3v) is 9.36. The molecule has 0 amide bonds. The van der Waals surface area contributed by atoms with Gasteiger partial charge in [0.2, 0.25) is 10.0 Å². The van der Waals surface area contributed by atoms with Gasteiger partial charge < -0.3 is 4.90 Å². The SMILES string of the molecule is CC(=O)SC[C@@H](C)N(CCN1CCCC1)S(=O)(=O)c1ccc(Sc2ccccc2)cc1. The van der Waals surface area contributed by atoms with Gasteiger partial charge in [0.05, 0.1) is 4.90 Å². The highest BCUT2D eigenvalue weighted by Crippen LogP contribution is 2.29. The Labute approximate surface area is 194 Å². The normalized spacial score (nSPS) is 16.0. The zero-order valence-electron chi connectivity index (χ0n) is 18.1. The van der Waals surface area contributed by atoms with Gasteiger partial charge in [0.15, 0.2) is 5.12 Å². The summed E-state index contributed by atoms with van der Waals surface area (Å²) in [5.41, 5.74) is 0. The lowest BCUT2D eigenvalue weighted by molar-refractivity contribution is -0.109. The molecule has 1 atom stereocenters. The van der Waals surface area contributed by atoms with E-state index in [2.05, 4.69) is 4.90 Å². The Balaban J connectivity index is 1.75. The van der Waals surface area contributed by atoms with Gasteiger partial charge in [-0.3, -0.25) is 4.79 Å². The van der Waals surface area contributed by atoms with E-state index in [1.165, 1.54) is 31.5 Å². The summed E-state index contributed by atoms with van der Waals surface area (Å²) in [5, 5.41) is 0.00558. The van der Waals surface area contributed by atoms with Crippen molar-refractivity contribution in [1.82, 2.24) is 9.21 Å².